The van der Waals surface area contributed by atoms with E-state index >= 15 is 0 Å². The Kier molecular flexibility index (Phi) is 6.49. The van der Waals surface area contributed by atoms with Crippen LogP contribution >= 0.6 is 15.9 Å². The Morgan fingerprint density at radius 2 is 1.87 bits per heavy atom. The van der Waals surface area contributed by atoms with E-state index in [0.29, 0.717) is 18.3 Å². The quantitative estimate of drug-likeness (QED) is 0.565. The van der Waals surface area contributed by atoms with Crippen molar-refractivity contribution in [1.82, 2.24) is 0 Å². The fraction of sp³-hybridized carbons (Fsp3) is 0.917. The molecule has 15 heavy (non-hydrogen) atoms. The summed E-state index contributed by atoms with van der Waals surface area (Å²) in [7, 11) is 0. The highest BCUT2D eigenvalue weighted by Crippen LogP contribution is 2.20. The molecule has 0 aromatic rings. The first-order valence-electron chi connectivity index (χ1n) is 5.52. The second kappa shape index (κ2) is 6.51. The van der Waals surface area contributed by atoms with E-state index in [-0.39, 0.29) is 11.6 Å². The Morgan fingerprint density at radius 3 is 2.20 bits per heavy atom. The zero-order chi connectivity index (χ0) is 12.1. The van der Waals surface area contributed by atoms with Gasteiger partial charge in [-0.1, -0.05) is 29.8 Å². The molecule has 0 bridgehead atoms. The van der Waals surface area contributed by atoms with E-state index in [0.717, 1.165) is 11.8 Å². The number of hydrogen-bond donors (Lipinski definition) is 0. The van der Waals surface area contributed by atoms with Crippen LogP contribution in [0.15, 0.2) is 0 Å². The summed E-state index contributed by atoms with van der Waals surface area (Å²) in [6.45, 7) is 10.0. The van der Waals surface area contributed by atoms with Crippen molar-refractivity contribution < 1.29 is 9.53 Å². The SMILES string of the molecule is CC(C)C[C@@H](CBr)CC(=O)OC(C)(C)C. The number of halogens is 1. The van der Waals surface area contributed by atoms with E-state index in [9.17, 15) is 4.79 Å². The largest absolute Gasteiger partial charge is 0.460 e. The summed E-state index contributed by atoms with van der Waals surface area (Å²) in [5.41, 5.74) is -0.369. The highest BCUT2D eigenvalue weighted by atomic mass is 79.9. The first-order valence-corrected chi connectivity index (χ1v) is 6.64. The minimum absolute atomic E-state index is 0.0902. The molecular weight excluding hydrogens is 256 g/mol. The molecule has 0 spiro atoms. The number of carbonyl (C=O) groups is 1. The van der Waals surface area contributed by atoms with Gasteiger partial charge in [0.2, 0.25) is 0 Å². The van der Waals surface area contributed by atoms with Gasteiger partial charge in [0.15, 0.2) is 0 Å². The lowest BCUT2D eigenvalue weighted by Crippen LogP contribution is -2.25. The molecule has 0 N–H and O–H groups in total. The normalized spacial score (nSPS) is 14.1. The molecule has 0 fully saturated rings. The van der Waals surface area contributed by atoms with E-state index in [1.165, 1.54) is 0 Å². The predicted octanol–water partition coefficient (Wildman–Crippen LogP) is 3.78. The Balaban J connectivity index is 4.02. The topological polar surface area (TPSA) is 26.3 Å². The van der Waals surface area contributed by atoms with Crippen molar-refractivity contribution in [1.29, 1.82) is 0 Å². The second-order valence-corrected chi connectivity index (χ2v) is 6.09. The lowest BCUT2D eigenvalue weighted by atomic mass is 9.96. The summed E-state index contributed by atoms with van der Waals surface area (Å²) in [6, 6.07) is 0. The van der Waals surface area contributed by atoms with Crippen LogP contribution < -0.4 is 0 Å². The molecule has 0 unspecified atom stereocenters. The predicted molar refractivity (Wildman–Crippen MR) is 67.2 cm³/mol. The lowest BCUT2D eigenvalue weighted by molar-refractivity contribution is -0.155. The molecule has 0 aliphatic heterocycles. The van der Waals surface area contributed by atoms with E-state index < -0.39 is 0 Å². The summed E-state index contributed by atoms with van der Waals surface area (Å²) in [5, 5.41) is 0.865. The molecule has 0 saturated carbocycles. The Hall–Kier alpha value is -0.0500. The minimum atomic E-state index is -0.369. The third-order valence-corrected chi connectivity index (χ3v) is 2.81. The molecule has 2 nitrogen and oxygen atoms in total. The molecule has 0 amide bonds. The van der Waals surface area contributed by atoms with Crippen molar-refractivity contribution in [2.45, 2.75) is 53.1 Å². The van der Waals surface area contributed by atoms with Crippen molar-refractivity contribution in [3.63, 3.8) is 0 Å². The maximum Gasteiger partial charge on any atom is 0.306 e. The molecule has 0 aromatic carbocycles. The Morgan fingerprint density at radius 1 is 1.33 bits per heavy atom. The molecular formula is C12H23BrO2. The van der Waals surface area contributed by atoms with Gasteiger partial charge < -0.3 is 4.74 Å². The highest BCUT2D eigenvalue weighted by Gasteiger charge is 2.20. The maximum absolute atomic E-state index is 11.6. The number of alkyl halides is 1. The van der Waals surface area contributed by atoms with Crippen molar-refractivity contribution in [2.24, 2.45) is 11.8 Å². The van der Waals surface area contributed by atoms with Crippen molar-refractivity contribution in [3.8, 4) is 0 Å². The van der Waals surface area contributed by atoms with Crippen LogP contribution in [0.1, 0.15) is 47.5 Å². The van der Waals surface area contributed by atoms with Gasteiger partial charge in [-0.25, -0.2) is 0 Å². The molecule has 0 radical (unpaired) electrons. The third-order valence-electron chi connectivity index (χ3n) is 1.90. The number of ether oxygens (including phenoxy) is 1. The van der Waals surface area contributed by atoms with E-state index in [2.05, 4.69) is 29.8 Å². The second-order valence-electron chi connectivity index (χ2n) is 5.44. The van der Waals surface area contributed by atoms with Crippen LogP contribution in [0.2, 0.25) is 0 Å². The number of rotatable bonds is 5. The van der Waals surface area contributed by atoms with E-state index in [1.807, 2.05) is 20.8 Å². The molecule has 3 heteroatoms. The standard InChI is InChI=1S/C12H23BrO2/c1-9(2)6-10(8-13)7-11(14)15-12(3,4)5/h9-10H,6-8H2,1-5H3/t10-/m1/s1. The maximum atomic E-state index is 11.6. The summed E-state index contributed by atoms with van der Waals surface area (Å²) in [6.07, 6.45) is 1.57. The Bertz CT molecular complexity index is 194. The lowest BCUT2D eigenvalue weighted by Gasteiger charge is -2.22. The van der Waals surface area contributed by atoms with Gasteiger partial charge in [0.1, 0.15) is 5.60 Å². The van der Waals surface area contributed by atoms with Crippen LogP contribution in [-0.2, 0) is 9.53 Å². The van der Waals surface area contributed by atoms with Gasteiger partial charge in [-0.3, -0.25) is 4.79 Å². The third kappa shape index (κ3) is 8.91. The zero-order valence-corrected chi connectivity index (χ0v) is 12.1. The molecule has 90 valence electrons. The van der Waals surface area contributed by atoms with E-state index in [4.69, 9.17) is 4.74 Å². The van der Waals surface area contributed by atoms with Crippen LogP contribution in [0.3, 0.4) is 0 Å². The molecule has 0 heterocycles. The summed E-state index contributed by atoms with van der Waals surface area (Å²) < 4.78 is 5.29. The molecule has 1 atom stereocenters. The fourth-order valence-corrected chi connectivity index (χ4v) is 1.98. The first kappa shape index (κ1) is 14.9. The van der Waals surface area contributed by atoms with Crippen molar-refractivity contribution in [2.75, 3.05) is 5.33 Å². The Labute approximate surface area is 102 Å². The van der Waals surface area contributed by atoms with E-state index in [1.54, 1.807) is 0 Å². The summed E-state index contributed by atoms with van der Waals surface area (Å²) in [4.78, 5) is 11.6. The molecule has 0 aromatic heterocycles. The smallest absolute Gasteiger partial charge is 0.306 e. The van der Waals surface area contributed by atoms with Crippen LogP contribution in [-0.4, -0.2) is 16.9 Å². The summed E-state index contributed by atoms with van der Waals surface area (Å²) in [5.74, 6) is 0.919. The monoisotopic (exact) mass is 278 g/mol. The highest BCUT2D eigenvalue weighted by molar-refractivity contribution is 9.09. The summed E-state index contributed by atoms with van der Waals surface area (Å²) >= 11 is 3.44. The minimum Gasteiger partial charge on any atom is -0.460 e. The van der Waals surface area contributed by atoms with Crippen LogP contribution in [0.5, 0.6) is 0 Å². The fourth-order valence-electron chi connectivity index (χ4n) is 1.49. The van der Waals surface area contributed by atoms with Crippen LogP contribution in [0.25, 0.3) is 0 Å². The number of hydrogen-bond acceptors (Lipinski definition) is 2. The molecule has 0 rings (SSSR count). The van der Waals surface area contributed by atoms with Crippen LogP contribution in [0, 0.1) is 11.8 Å². The average molecular weight is 279 g/mol. The molecule has 0 aliphatic carbocycles. The molecule has 0 aliphatic rings. The molecule has 0 saturated heterocycles. The van der Waals surface area contributed by atoms with Gasteiger partial charge in [-0.15, -0.1) is 0 Å². The van der Waals surface area contributed by atoms with Gasteiger partial charge in [0.25, 0.3) is 0 Å². The van der Waals surface area contributed by atoms with Gasteiger partial charge in [0, 0.05) is 11.8 Å². The van der Waals surface area contributed by atoms with Crippen LogP contribution in [0.4, 0.5) is 0 Å². The van der Waals surface area contributed by atoms with Gasteiger partial charge in [-0.2, -0.15) is 0 Å². The van der Waals surface area contributed by atoms with Gasteiger partial charge in [0.05, 0.1) is 0 Å². The van der Waals surface area contributed by atoms with Gasteiger partial charge in [-0.05, 0) is 39.0 Å². The number of esters is 1. The van der Waals surface area contributed by atoms with Gasteiger partial charge >= 0.3 is 5.97 Å². The number of carbonyl (C=O) groups excluding carboxylic acids is 1. The zero-order valence-electron chi connectivity index (χ0n) is 10.5. The van der Waals surface area contributed by atoms with Crippen molar-refractivity contribution in [3.05, 3.63) is 0 Å². The van der Waals surface area contributed by atoms with Crippen molar-refractivity contribution >= 4 is 21.9 Å². The average Bonchev–Trinajstić information content (AvgIpc) is 1.98. The first-order chi connectivity index (χ1) is 6.74.